The van der Waals surface area contributed by atoms with Crippen molar-refractivity contribution in [3.63, 3.8) is 0 Å². The van der Waals surface area contributed by atoms with Gasteiger partial charge < -0.3 is 24.4 Å². The molecule has 1 saturated heterocycles. The van der Waals surface area contributed by atoms with Crippen LogP contribution in [0.1, 0.15) is 67.8 Å². The average molecular weight is 523 g/mol. The van der Waals surface area contributed by atoms with E-state index in [-0.39, 0.29) is 18.2 Å². The molecule has 0 bridgehead atoms. The van der Waals surface area contributed by atoms with Gasteiger partial charge in [-0.05, 0) is 79.2 Å². The van der Waals surface area contributed by atoms with Gasteiger partial charge in [-0.2, -0.15) is 0 Å². The van der Waals surface area contributed by atoms with Crippen LogP contribution in [0.3, 0.4) is 0 Å². The fourth-order valence-electron chi connectivity index (χ4n) is 5.55. The third kappa shape index (κ3) is 7.21. The van der Waals surface area contributed by atoms with Crippen LogP contribution in [0, 0.1) is 17.8 Å². The van der Waals surface area contributed by atoms with Gasteiger partial charge in [0.2, 0.25) is 0 Å². The van der Waals surface area contributed by atoms with E-state index in [0.29, 0.717) is 36.5 Å². The number of carbonyl (C=O) groups excluding carboxylic acids is 1. The van der Waals surface area contributed by atoms with Crippen LogP contribution in [0.4, 0.5) is 5.69 Å². The Bertz CT molecular complexity index is 1110. The van der Waals surface area contributed by atoms with Crippen molar-refractivity contribution >= 4 is 17.6 Å². The van der Waals surface area contributed by atoms with Crippen molar-refractivity contribution in [2.24, 2.45) is 17.8 Å². The minimum atomic E-state index is -0.743. The smallest absolute Gasteiger partial charge is 0.303 e. The van der Waals surface area contributed by atoms with Crippen LogP contribution in [0.5, 0.6) is 11.5 Å². The second-order valence-electron chi connectivity index (χ2n) is 11.3. The number of hydrogen-bond acceptors (Lipinski definition) is 5. The monoisotopic (exact) mass is 522 g/mol. The molecule has 0 aromatic heterocycles. The largest absolute Gasteiger partial charge is 0.497 e. The molecule has 0 radical (unpaired) electrons. The average Bonchev–Trinajstić information content (AvgIpc) is 3.75. The molecule has 38 heavy (non-hydrogen) atoms. The zero-order valence-corrected chi connectivity index (χ0v) is 23.2. The van der Waals surface area contributed by atoms with Gasteiger partial charge in [0.1, 0.15) is 11.5 Å². The normalized spacial score (nSPS) is 16.8. The zero-order valence-electron chi connectivity index (χ0n) is 23.2. The van der Waals surface area contributed by atoms with Crippen LogP contribution >= 0.6 is 0 Å². The van der Waals surface area contributed by atoms with E-state index in [1.54, 1.807) is 12.0 Å². The molecule has 1 aliphatic carbocycles. The Balaban J connectivity index is 1.37. The number of piperidine rings is 1. The van der Waals surface area contributed by atoms with E-state index < -0.39 is 5.97 Å². The van der Waals surface area contributed by atoms with Crippen LogP contribution in [0.25, 0.3) is 0 Å². The van der Waals surface area contributed by atoms with E-state index in [0.717, 1.165) is 61.5 Å². The SMILES string of the molecule is COc1ccc(C(=O)N(C)CC(C)C)c(N2CCC(COc3cccc(C(CC(=O)O)C4CC4)c3)CC2)c1. The molecular formula is C31H42N2O5. The van der Waals surface area contributed by atoms with E-state index in [4.69, 9.17) is 9.47 Å². The quantitative estimate of drug-likeness (QED) is 0.386. The van der Waals surface area contributed by atoms with Gasteiger partial charge in [-0.3, -0.25) is 9.59 Å². The van der Waals surface area contributed by atoms with E-state index in [1.165, 1.54) is 0 Å². The first-order chi connectivity index (χ1) is 18.2. The predicted molar refractivity (Wildman–Crippen MR) is 149 cm³/mol. The summed E-state index contributed by atoms with van der Waals surface area (Å²) < 4.78 is 11.7. The summed E-state index contributed by atoms with van der Waals surface area (Å²) in [6.45, 7) is 7.26. The first kappa shape index (κ1) is 27.8. The van der Waals surface area contributed by atoms with Crippen molar-refractivity contribution < 1.29 is 24.2 Å². The Morgan fingerprint density at radius 2 is 1.79 bits per heavy atom. The van der Waals surface area contributed by atoms with Crippen molar-refractivity contribution in [3.8, 4) is 11.5 Å². The van der Waals surface area contributed by atoms with Crippen molar-refractivity contribution in [1.29, 1.82) is 0 Å². The lowest BCUT2D eigenvalue weighted by Crippen LogP contribution is -2.38. The minimum absolute atomic E-state index is 0.0362. The number of aliphatic carboxylic acids is 1. The first-order valence-corrected chi connectivity index (χ1v) is 13.9. The topological polar surface area (TPSA) is 79.3 Å². The molecule has 1 saturated carbocycles. The lowest BCUT2D eigenvalue weighted by Gasteiger charge is -2.35. The van der Waals surface area contributed by atoms with E-state index in [9.17, 15) is 14.7 Å². The second kappa shape index (κ2) is 12.5. The highest BCUT2D eigenvalue weighted by atomic mass is 16.5. The summed E-state index contributed by atoms with van der Waals surface area (Å²) in [5.74, 6) is 2.22. The van der Waals surface area contributed by atoms with Gasteiger partial charge in [0.15, 0.2) is 0 Å². The molecular weight excluding hydrogens is 480 g/mol. The molecule has 206 valence electrons. The Morgan fingerprint density at radius 3 is 2.42 bits per heavy atom. The van der Waals surface area contributed by atoms with Gasteiger partial charge in [0.25, 0.3) is 5.91 Å². The molecule has 1 atom stereocenters. The molecule has 7 nitrogen and oxygen atoms in total. The first-order valence-electron chi connectivity index (χ1n) is 13.9. The van der Waals surface area contributed by atoms with Crippen LogP contribution < -0.4 is 14.4 Å². The Labute approximate surface area is 226 Å². The zero-order chi connectivity index (χ0) is 27.2. The minimum Gasteiger partial charge on any atom is -0.497 e. The van der Waals surface area contributed by atoms with Gasteiger partial charge >= 0.3 is 5.97 Å². The maximum Gasteiger partial charge on any atom is 0.303 e. The summed E-state index contributed by atoms with van der Waals surface area (Å²) in [6.07, 6.45) is 4.33. The van der Waals surface area contributed by atoms with Gasteiger partial charge in [0.05, 0.1) is 31.4 Å². The molecule has 2 fully saturated rings. The van der Waals surface area contributed by atoms with E-state index >= 15 is 0 Å². The number of nitrogens with zero attached hydrogens (tertiary/aromatic N) is 2. The van der Waals surface area contributed by atoms with Crippen LogP contribution in [-0.4, -0.2) is 62.3 Å². The molecule has 1 amide bonds. The molecule has 1 unspecified atom stereocenters. The standard InChI is InChI=1S/C31H42N2O5/c1-21(2)19-32(3)31(36)27-11-10-25(37-4)17-29(27)33-14-12-22(13-15-33)20-38-26-7-5-6-24(16-26)28(18-30(34)35)23-8-9-23/h5-7,10-11,16-17,21-23,28H,8-9,12-15,18-20H2,1-4H3,(H,34,35). The summed E-state index contributed by atoms with van der Waals surface area (Å²) in [5, 5.41) is 9.34. The van der Waals surface area contributed by atoms with E-state index in [2.05, 4.69) is 18.7 Å². The van der Waals surface area contributed by atoms with Crippen LogP contribution in [0.15, 0.2) is 42.5 Å². The predicted octanol–water partition coefficient (Wildman–Crippen LogP) is 5.69. The highest BCUT2D eigenvalue weighted by Crippen LogP contribution is 2.45. The van der Waals surface area contributed by atoms with Gasteiger partial charge in [-0.25, -0.2) is 0 Å². The summed E-state index contributed by atoms with van der Waals surface area (Å²) >= 11 is 0. The molecule has 1 aliphatic heterocycles. The number of carboxylic acid groups (broad SMARTS) is 1. The molecule has 0 spiro atoms. The molecule has 2 aromatic rings. The third-order valence-corrected chi connectivity index (χ3v) is 7.73. The lowest BCUT2D eigenvalue weighted by molar-refractivity contribution is -0.137. The molecule has 1 N–H and O–H groups in total. The van der Waals surface area contributed by atoms with Crippen molar-refractivity contribution in [1.82, 2.24) is 4.90 Å². The summed E-state index contributed by atoms with van der Waals surface area (Å²) in [5.41, 5.74) is 2.72. The molecule has 2 aliphatic rings. The van der Waals surface area contributed by atoms with Crippen LogP contribution in [0.2, 0.25) is 0 Å². The molecule has 7 heteroatoms. The number of anilines is 1. The fourth-order valence-corrected chi connectivity index (χ4v) is 5.55. The molecule has 1 heterocycles. The van der Waals surface area contributed by atoms with Crippen molar-refractivity contribution in [2.45, 2.75) is 51.9 Å². The summed E-state index contributed by atoms with van der Waals surface area (Å²) in [6, 6.07) is 13.7. The molecule has 2 aromatic carbocycles. The Morgan fingerprint density at radius 1 is 1.05 bits per heavy atom. The summed E-state index contributed by atoms with van der Waals surface area (Å²) in [7, 11) is 3.52. The highest BCUT2D eigenvalue weighted by molar-refractivity contribution is 6.00. The number of carboxylic acids is 1. The lowest BCUT2D eigenvalue weighted by atomic mass is 9.91. The van der Waals surface area contributed by atoms with Gasteiger partial charge in [0, 0.05) is 32.7 Å². The number of benzene rings is 2. The second-order valence-corrected chi connectivity index (χ2v) is 11.3. The molecule has 4 rings (SSSR count). The van der Waals surface area contributed by atoms with Gasteiger partial charge in [-0.15, -0.1) is 0 Å². The number of ether oxygens (including phenoxy) is 2. The van der Waals surface area contributed by atoms with Crippen molar-refractivity contribution in [3.05, 3.63) is 53.6 Å². The Kier molecular flexibility index (Phi) is 9.18. The number of carbonyl (C=O) groups is 2. The third-order valence-electron chi connectivity index (χ3n) is 7.73. The number of amides is 1. The maximum atomic E-state index is 13.3. The fraction of sp³-hybridized carbons (Fsp3) is 0.548. The van der Waals surface area contributed by atoms with E-state index in [1.807, 2.05) is 49.5 Å². The highest BCUT2D eigenvalue weighted by Gasteiger charge is 2.34. The summed E-state index contributed by atoms with van der Waals surface area (Å²) in [4.78, 5) is 28.7. The number of hydrogen-bond donors (Lipinski definition) is 1. The Hall–Kier alpha value is -3.22. The number of methoxy groups -OCH3 is 1. The maximum absolute atomic E-state index is 13.3. The van der Waals surface area contributed by atoms with Crippen LogP contribution in [-0.2, 0) is 4.79 Å². The van der Waals surface area contributed by atoms with Gasteiger partial charge in [-0.1, -0.05) is 26.0 Å². The van der Waals surface area contributed by atoms with Crippen molar-refractivity contribution in [2.75, 3.05) is 45.3 Å². The number of rotatable bonds is 12.